The monoisotopic (exact) mass is 443 g/mol. The number of alkyl halides is 1. The van der Waals surface area contributed by atoms with Gasteiger partial charge in [-0.1, -0.05) is 6.92 Å². The highest BCUT2D eigenvalue weighted by Gasteiger charge is 2.25. The van der Waals surface area contributed by atoms with E-state index in [0.29, 0.717) is 11.7 Å². The van der Waals surface area contributed by atoms with Gasteiger partial charge in [-0.3, -0.25) is 4.90 Å². The summed E-state index contributed by atoms with van der Waals surface area (Å²) in [5.41, 5.74) is 5.30. The number of hydrogen-bond acceptors (Lipinski definition) is 4. The predicted octanol–water partition coefficient (Wildman–Crippen LogP) is 4.55. The van der Waals surface area contributed by atoms with Crippen molar-refractivity contribution in [1.29, 1.82) is 0 Å². The van der Waals surface area contributed by atoms with Crippen molar-refractivity contribution in [2.45, 2.75) is 52.3 Å². The van der Waals surface area contributed by atoms with Gasteiger partial charge in [0.1, 0.15) is 5.75 Å². The normalized spacial score (nSPS) is 19.9. The van der Waals surface area contributed by atoms with Gasteiger partial charge in [0.2, 0.25) is 6.36 Å². The van der Waals surface area contributed by atoms with E-state index in [4.69, 9.17) is 9.47 Å². The second kappa shape index (κ2) is 10.8. The highest BCUT2D eigenvalue weighted by molar-refractivity contribution is 5.45. The van der Waals surface area contributed by atoms with Crippen LogP contribution >= 0.6 is 0 Å². The Bertz CT molecular complexity index is 851. The molecule has 2 aliphatic rings. The molecule has 6 heteroatoms. The minimum absolute atomic E-state index is 0.566. The van der Waals surface area contributed by atoms with E-state index in [1.54, 1.807) is 0 Å². The fourth-order valence-electron chi connectivity index (χ4n) is 5.23. The van der Waals surface area contributed by atoms with Crippen LogP contribution in [-0.2, 0) is 11.2 Å². The molecule has 0 N–H and O–H groups in total. The van der Waals surface area contributed by atoms with Gasteiger partial charge < -0.3 is 18.9 Å². The molecule has 1 aromatic carbocycles. The Morgan fingerprint density at radius 1 is 1.03 bits per heavy atom. The number of aryl methyl sites for hydroxylation is 1. The van der Waals surface area contributed by atoms with Crippen molar-refractivity contribution in [2.24, 2.45) is 0 Å². The standard InChI is InChI=1S/C26H38FN3O2/c1-4-26-25(19-20(2)30(26)23-5-7-24(8-6-23)32-21(3)27)22-9-11-28(12-10-22)13-14-29-15-17-31-18-16-29/h5-8,19,21-22H,4,9-18H2,1-3H3. The first-order valence-electron chi connectivity index (χ1n) is 12.2. The topological polar surface area (TPSA) is 29.9 Å². The smallest absolute Gasteiger partial charge is 0.235 e. The molecule has 0 amide bonds. The molecule has 0 saturated carbocycles. The Balaban J connectivity index is 1.40. The molecule has 2 saturated heterocycles. The summed E-state index contributed by atoms with van der Waals surface area (Å²) in [5.74, 6) is 1.19. The molecule has 32 heavy (non-hydrogen) atoms. The molecule has 1 aromatic heterocycles. The summed E-state index contributed by atoms with van der Waals surface area (Å²) in [6.07, 6.45) is 2.15. The summed E-state index contributed by atoms with van der Waals surface area (Å²) < 4.78 is 26.1. The average Bonchev–Trinajstić information content (AvgIpc) is 3.15. The first kappa shape index (κ1) is 23.3. The van der Waals surface area contributed by atoms with Crippen molar-refractivity contribution < 1.29 is 13.9 Å². The lowest BCUT2D eigenvalue weighted by atomic mass is 9.88. The van der Waals surface area contributed by atoms with Gasteiger partial charge in [-0.25, -0.2) is 4.39 Å². The van der Waals surface area contributed by atoms with E-state index in [-0.39, 0.29) is 0 Å². The van der Waals surface area contributed by atoms with Gasteiger partial charge in [-0.15, -0.1) is 0 Å². The van der Waals surface area contributed by atoms with E-state index >= 15 is 0 Å². The third-order valence-electron chi connectivity index (χ3n) is 6.91. The van der Waals surface area contributed by atoms with Crippen LogP contribution in [0.15, 0.2) is 30.3 Å². The molecule has 5 nitrogen and oxygen atoms in total. The largest absolute Gasteiger partial charge is 0.461 e. The lowest BCUT2D eigenvalue weighted by molar-refractivity contribution is 0.0321. The molecule has 3 heterocycles. The van der Waals surface area contributed by atoms with Crippen molar-refractivity contribution in [3.05, 3.63) is 47.3 Å². The average molecular weight is 444 g/mol. The summed E-state index contributed by atoms with van der Waals surface area (Å²) in [5, 5.41) is 0. The zero-order chi connectivity index (χ0) is 22.5. The Morgan fingerprint density at radius 2 is 1.66 bits per heavy atom. The van der Waals surface area contributed by atoms with Gasteiger partial charge in [0.15, 0.2) is 0 Å². The van der Waals surface area contributed by atoms with Crippen LogP contribution in [0.2, 0.25) is 0 Å². The maximum atomic E-state index is 13.1. The highest BCUT2D eigenvalue weighted by atomic mass is 19.1. The molecule has 1 atom stereocenters. The molecule has 2 fully saturated rings. The van der Waals surface area contributed by atoms with Crippen LogP contribution in [0.1, 0.15) is 49.6 Å². The number of morpholine rings is 1. The number of likely N-dealkylation sites (tertiary alicyclic amines) is 1. The quantitative estimate of drug-likeness (QED) is 0.599. The van der Waals surface area contributed by atoms with Gasteiger partial charge in [-0.05, 0) is 81.1 Å². The van der Waals surface area contributed by atoms with Crippen LogP contribution in [0.4, 0.5) is 4.39 Å². The summed E-state index contributed by atoms with van der Waals surface area (Å²) in [4.78, 5) is 5.16. The number of benzene rings is 1. The molecule has 2 aromatic rings. The minimum Gasteiger partial charge on any atom is -0.461 e. The van der Waals surface area contributed by atoms with E-state index in [1.165, 1.54) is 56.4 Å². The van der Waals surface area contributed by atoms with Gasteiger partial charge in [0.25, 0.3) is 0 Å². The Hall–Kier alpha value is -1.89. The van der Waals surface area contributed by atoms with Crippen molar-refractivity contribution in [1.82, 2.24) is 14.4 Å². The zero-order valence-corrected chi connectivity index (χ0v) is 19.9. The second-order valence-electron chi connectivity index (χ2n) is 9.10. The number of piperidine rings is 1. The first-order chi connectivity index (χ1) is 15.5. The van der Waals surface area contributed by atoms with Crippen molar-refractivity contribution in [3.63, 3.8) is 0 Å². The molecule has 0 spiro atoms. The van der Waals surface area contributed by atoms with E-state index in [1.807, 2.05) is 24.3 Å². The van der Waals surface area contributed by atoms with Crippen LogP contribution in [0.25, 0.3) is 5.69 Å². The first-order valence-corrected chi connectivity index (χ1v) is 12.2. The zero-order valence-electron chi connectivity index (χ0n) is 19.9. The summed E-state index contributed by atoms with van der Waals surface area (Å²) in [6, 6.07) is 10.2. The highest BCUT2D eigenvalue weighted by Crippen LogP contribution is 2.34. The van der Waals surface area contributed by atoms with Gasteiger partial charge in [-0.2, -0.15) is 0 Å². The van der Waals surface area contributed by atoms with Gasteiger partial charge in [0, 0.05) is 50.2 Å². The van der Waals surface area contributed by atoms with Gasteiger partial charge in [0.05, 0.1) is 13.2 Å². The third-order valence-corrected chi connectivity index (χ3v) is 6.91. The summed E-state index contributed by atoms with van der Waals surface area (Å²) in [7, 11) is 0. The van der Waals surface area contributed by atoms with E-state index in [9.17, 15) is 4.39 Å². The van der Waals surface area contributed by atoms with Gasteiger partial charge >= 0.3 is 0 Å². The predicted molar refractivity (Wildman–Crippen MR) is 127 cm³/mol. The number of ether oxygens (including phenoxy) is 2. The van der Waals surface area contributed by atoms with Crippen LogP contribution in [0.3, 0.4) is 0 Å². The molecule has 0 bridgehead atoms. The van der Waals surface area contributed by atoms with Crippen LogP contribution in [-0.4, -0.2) is 73.2 Å². The molecule has 1 unspecified atom stereocenters. The lowest BCUT2D eigenvalue weighted by Crippen LogP contribution is -2.43. The molecular weight excluding hydrogens is 405 g/mol. The van der Waals surface area contributed by atoms with E-state index < -0.39 is 6.36 Å². The van der Waals surface area contributed by atoms with Crippen LogP contribution in [0.5, 0.6) is 5.75 Å². The fourth-order valence-corrected chi connectivity index (χ4v) is 5.23. The van der Waals surface area contributed by atoms with Crippen molar-refractivity contribution >= 4 is 0 Å². The lowest BCUT2D eigenvalue weighted by Gasteiger charge is -2.34. The third kappa shape index (κ3) is 5.53. The second-order valence-corrected chi connectivity index (χ2v) is 9.10. The number of hydrogen-bond donors (Lipinski definition) is 0. The molecule has 176 valence electrons. The van der Waals surface area contributed by atoms with Crippen molar-refractivity contribution in [2.75, 3.05) is 52.5 Å². The summed E-state index contributed by atoms with van der Waals surface area (Å²) in [6.45, 7) is 14.4. The van der Waals surface area contributed by atoms with Crippen LogP contribution < -0.4 is 4.74 Å². The summed E-state index contributed by atoms with van der Waals surface area (Å²) >= 11 is 0. The van der Waals surface area contributed by atoms with Crippen molar-refractivity contribution in [3.8, 4) is 11.4 Å². The minimum atomic E-state index is -1.30. The Morgan fingerprint density at radius 3 is 2.25 bits per heavy atom. The number of aromatic nitrogens is 1. The van der Waals surface area contributed by atoms with E-state index in [2.05, 4.69) is 34.3 Å². The fraction of sp³-hybridized carbons (Fsp3) is 0.615. The molecule has 2 aliphatic heterocycles. The number of nitrogens with zero attached hydrogens (tertiary/aromatic N) is 3. The number of halogens is 1. The molecule has 0 aliphatic carbocycles. The maximum Gasteiger partial charge on any atom is 0.235 e. The number of rotatable bonds is 8. The molecule has 4 rings (SSSR count). The SMILES string of the molecule is CCc1c(C2CCN(CCN3CCOCC3)CC2)cc(C)n1-c1ccc(OC(C)F)cc1. The maximum absolute atomic E-state index is 13.1. The Kier molecular flexibility index (Phi) is 7.87. The molecule has 0 radical (unpaired) electrons. The molecular formula is C26H38FN3O2. The van der Waals surface area contributed by atoms with E-state index in [0.717, 1.165) is 45.0 Å². The van der Waals surface area contributed by atoms with Crippen LogP contribution in [0, 0.1) is 6.92 Å². The Labute approximate surface area is 192 Å².